The molecule has 0 amide bonds. The molecule has 9 heteroatoms. The second-order valence-electron chi connectivity index (χ2n) is 4.53. The first kappa shape index (κ1) is 16.2. The average Bonchev–Trinajstić information content (AvgIpc) is 2.45. The fourth-order valence-corrected chi connectivity index (χ4v) is 2.15. The molecule has 0 saturated carbocycles. The highest BCUT2D eigenvalue weighted by Crippen LogP contribution is 2.32. The number of pyridine rings is 1. The number of nitrogens with one attached hydrogen (secondary N) is 1. The van der Waals surface area contributed by atoms with Crippen LogP contribution in [0.5, 0.6) is 5.88 Å². The summed E-state index contributed by atoms with van der Waals surface area (Å²) < 4.78 is 59.2. The largest absolute Gasteiger partial charge is 0.479 e. The van der Waals surface area contributed by atoms with Crippen molar-refractivity contribution in [2.75, 3.05) is 25.1 Å². The summed E-state index contributed by atoms with van der Waals surface area (Å²) in [5, 5.41) is 2.81. The summed E-state index contributed by atoms with van der Waals surface area (Å²) in [5.74, 6) is -0.713. The predicted molar refractivity (Wildman–Crippen MR) is 70.5 cm³/mol. The molecule has 0 spiro atoms. The van der Waals surface area contributed by atoms with Crippen LogP contribution in [0, 0.1) is 11.7 Å². The third kappa shape index (κ3) is 5.58. The Morgan fingerprint density at radius 1 is 1.33 bits per heavy atom. The highest BCUT2D eigenvalue weighted by atomic mass is 32.2. The van der Waals surface area contributed by atoms with Crippen LogP contribution in [0.3, 0.4) is 0 Å². The van der Waals surface area contributed by atoms with Gasteiger partial charge >= 0.3 is 5.51 Å². The highest BCUT2D eigenvalue weighted by molar-refractivity contribution is 7.95. The van der Waals surface area contributed by atoms with Gasteiger partial charge < -0.3 is 14.2 Å². The lowest BCUT2D eigenvalue weighted by atomic mass is 10.0. The molecule has 1 aliphatic heterocycles. The van der Waals surface area contributed by atoms with Crippen LogP contribution in [0.4, 0.5) is 23.4 Å². The average molecular weight is 326 g/mol. The van der Waals surface area contributed by atoms with Crippen molar-refractivity contribution in [2.45, 2.75) is 18.3 Å². The lowest BCUT2D eigenvalue weighted by Gasteiger charge is -2.22. The summed E-state index contributed by atoms with van der Waals surface area (Å²) in [7, 11) is 0. The molecule has 1 aromatic heterocycles. The molecule has 2 rings (SSSR count). The summed E-state index contributed by atoms with van der Waals surface area (Å²) in [6.45, 7) is 1.81. The van der Waals surface area contributed by atoms with Gasteiger partial charge in [-0.2, -0.15) is 18.2 Å². The molecule has 0 aliphatic carbocycles. The van der Waals surface area contributed by atoms with Crippen LogP contribution < -0.4 is 9.50 Å². The standard InChI is InChI=1S/C12H14F4N2O2S/c13-9-1-2-10(20-21-12(14,15)16)18-11(9)17-7-8-3-5-19-6-4-8/h1-2,8H,3-7H2,(H,17,18). The minimum atomic E-state index is -4.54. The maximum absolute atomic E-state index is 13.6. The van der Waals surface area contributed by atoms with Gasteiger partial charge in [-0.25, -0.2) is 4.39 Å². The molecule has 0 atom stereocenters. The van der Waals surface area contributed by atoms with E-state index in [0.717, 1.165) is 25.0 Å². The first-order chi connectivity index (χ1) is 9.94. The molecule has 0 aromatic carbocycles. The van der Waals surface area contributed by atoms with Gasteiger partial charge in [0.25, 0.3) is 0 Å². The molecule has 1 aliphatic rings. The van der Waals surface area contributed by atoms with Crippen molar-refractivity contribution < 1.29 is 26.5 Å². The number of anilines is 1. The minimum absolute atomic E-state index is 0.109. The summed E-state index contributed by atoms with van der Waals surface area (Å²) in [6.07, 6.45) is 1.71. The van der Waals surface area contributed by atoms with E-state index in [1.54, 1.807) is 0 Å². The van der Waals surface area contributed by atoms with Crippen molar-refractivity contribution >= 4 is 17.9 Å². The van der Waals surface area contributed by atoms with Crippen molar-refractivity contribution in [3.05, 3.63) is 17.9 Å². The van der Waals surface area contributed by atoms with Crippen LogP contribution in [0.25, 0.3) is 0 Å². The summed E-state index contributed by atoms with van der Waals surface area (Å²) in [4.78, 5) is 3.70. The van der Waals surface area contributed by atoms with E-state index in [1.165, 1.54) is 0 Å². The van der Waals surface area contributed by atoms with Gasteiger partial charge in [-0.1, -0.05) is 0 Å². The monoisotopic (exact) mass is 326 g/mol. The van der Waals surface area contributed by atoms with Crippen LogP contribution in [0.15, 0.2) is 12.1 Å². The lowest BCUT2D eigenvalue weighted by Crippen LogP contribution is -2.23. The molecule has 21 heavy (non-hydrogen) atoms. The summed E-state index contributed by atoms with van der Waals surface area (Å²) >= 11 is -0.682. The third-order valence-electron chi connectivity index (χ3n) is 2.94. The number of aromatic nitrogens is 1. The molecule has 118 valence electrons. The number of hydrogen-bond donors (Lipinski definition) is 1. The van der Waals surface area contributed by atoms with Crippen LogP contribution in [0.1, 0.15) is 12.8 Å². The first-order valence-corrected chi connectivity index (χ1v) is 7.09. The Bertz CT molecular complexity index is 467. The van der Waals surface area contributed by atoms with E-state index in [-0.39, 0.29) is 11.7 Å². The van der Waals surface area contributed by atoms with Gasteiger partial charge in [-0.15, -0.1) is 0 Å². The van der Waals surface area contributed by atoms with E-state index in [0.29, 0.717) is 25.7 Å². The molecule has 1 aromatic rings. The topological polar surface area (TPSA) is 43.4 Å². The predicted octanol–water partition coefficient (Wildman–Crippen LogP) is 3.61. The van der Waals surface area contributed by atoms with Crippen LogP contribution >= 0.6 is 12.0 Å². The van der Waals surface area contributed by atoms with E-state index in [1.807, 2.05) is 0 Å². The third-order valence-corrected chi connectivity index (χ3v) is 3.38. The normalized spacial score (nSPS) is 16.8. The molecule has 2 heterocycles. The molecule has 1 saturated heterocycles. The number of alkyl halides is 3. The maximum Gasteiger partial charge on any atom is 0.479 e. The van der Waals surface area contributed by atoms with Gasteiger partial charge in [-0.05, 0) is 24.8 Å². The molecule has 1 N–H and O–H groups in total. The van der Waals surface area contributed by atoms with Crippen molar-refractivity contribution in [1.29, 1.82) is 0 Å². The first-order valence-electron chi connectivity index (χ1n) is 6.34. The van der Waals surface area contributed by atoms with E-state index >= 15 is 0 Å². The van der Waals surface area contributed by atoms with Gasteiger partial charge in [0.15, 0.2) is 23.7 Å². The zero-order valence-corrected chi connectivity index (χ0v) is 11.8. The van der Waals surface area contributed by atoms with Gasteiger partial charge in [0.05, 0.1) is 0 Å². The van der Waals surface area contributed by atoms with Crippen LogP contribution in [-0.2, 0) is 4.74 Å². The maximum atomic E-state index is 13.6. The Labute approximate surface area is 123 Å². The second-order valence-corrected chi connectivity index (χ2v) is 5.33. The lowest BCUT2D eigenvalue weighted by molar-refractivity contribution is -0.0370. The van der Waals surface area contributed by atoms with Gasteiger partial charge in [-0.3, -0.25) is 0 Å². The number of halogens is 4. The smallest absolute Gasteiger partial charge is 0.397 e. The van der Waals surface area contributed by atoms with Crippen molar-refractivity contribution in [1.82, 2.24) is 4.98 Å². The van der Waals surface area contributed by atoms with E-state index in [9.17, 15) is 17.6 Å². The molecular weight excluding hydrogens is 312 g/mol. The quantitative estimate of drug-likeness (QED) is 0.661. The molecule has 1 fully saturated rings. The Hall–Kier alpha value is -1.22. The fraction of sp³-hybridized carbons (Fsp3) is 0.583. The van der Waals surface area contributed by atoms with Gasteiger partial charge in [0, 0.05) is 25.8 Å². The number of rotatable bonds is 5. The molecule has 0 radical (unpaired) electrons. The SMILES string of the molecule is Fc1ccc(OSC(F)(F)F)nc1NCC1CCOCC1. The Morgan fingerprint density at radius 3 is 2.71 bits per heavy atom. The second kappa shape index (κ2) is 7.17. The highest BCUT2D eigenvalue weighted by Gasteiger charge is 2.31. The van der Waals surface area contributed by atoms with Crippen molar-refractivity contribution in [2.24, 2.45) is 5.92 Å². The summed E-state index contributed by atoms with van der Waals surface area (Å²) in [5.41, 5.74) is -4.54. The Morgan fingerprint density at radius 2 is 2.05 bits per heavy atom. The molecule has 0 unspecified atom stereocenters. The zero-order valence-electron chi connectivity index (χ0n) is 11.0. The number of hydrogen-bond acceptors (Lipinski definition) is 5. The molecular formula is C12H14F4N2O2S. The number of ether oxygens (including phenoxy) is 1. The van der Waals surface area contributed by atoms with Crippen molar-refractivity contribution in [3.8, 4) is 5.88 Å². The van der Waals surface area contributed by atoms with Gasteiger partial charge in [0.2, 0.25) is 5.88 Å². The van der Waals surface area contributed by atoms with Gasteiger partial charge in [0.1, 0.15) is 0 Å². The fourth-order valence-electron chi connectivity index (χ4n) is 1.88. The molecule has 0 bridgehead atoms. The Kier molecular flexibility index (Phi) is 5.51. The van der Waals surface area contributed by atoms with E-state index < -0.39 is 23.4 Å². The van der Waals surface area contributed by atoms with Crippen LogP contribution in [0.2, 0.25) is 0 Å². The number of nitrogens with zero attached hydrogens (tertiary/aromatic N) is 1. The van der Waals surface area contributed by atoms with E-state index in [2.05, 4.69) is 14.5 Å². The summed E-state index contributed by atoms with van der Waals surface area (Å²) in [6, 6.07) is 2.07. The van der Waals surface area contributed by atoms with Crippen molar-refractivity contribution in [3.63, 3.8) is 0 Å². The Balaban J connectivity index is 1.91. The molecule has 4 nitrogen and oxygen atoms in total. The van der Waals surface area contributed by atoms with E-state index in [4.69, 9.17) is 4.74 Å². The minimum Gasteiger partial charge on any atom is -0.397 e. The zero-order chi connectivity index (χ0) is 15.3. The van der Waals surface area contributed by atoms with Crippen LogP contribution in [-0.4, -0.2) is 30.3 Å².